The van der Waals surface area contributed by atoms with Crippen molar-refractivity contribution in [3.8, 4) is 5.75 Å². The third-order valence-corrected chi connectivity index (χ3v) is 5.65. The van der Waals surface area contributed by atoms with Gasteiger partial charge in [-0.1, -0.05) is 84.9 Å². The van der Waals surface area contributed by atoms with Crippen molar-refractivity contribution < 1.29 is 9.53 Å². The molecule has 0 aliphatic rings. The van der Waals surface area contributed by atoms with Gasteiger partial charge >= 0.3 is 0 Å². The highest BCUT2D eigenvalue weighted by molar-refractivity contribution is 6.08. The first kappa shape index (κ1) is 20.7. The molecular formula is C28H27NO2. The first-order chi connectivity index (χ1) is 15.0. The number of anilines is 1. The fraction of sp³-hybridized carbons (Fsp3) is 0.179. The molecule has 0 bridgehead atoms. The second kappa shape index (κ2) is 8.65. The summed E-state index contributed by atoms with van der Waals surface area (Å²) >= 11 is 0. The van der Waals surface area contributed by atoms with Crippen LogP contribution >= 0.6 is 0 Å². The van der Waals surface area contributed by atoms with Crippen molar-refractivity contribution in [2.75, 3.05) is 5.32 Å². The van der Waals surface area contributed by atoms with Crippen molar-refractivity contribution in [2.24, 2.45) is 0 Å². The van der Waals surface area contributed by atoms with Gasteiger partial charge in [-0.3, -0.25) is 4.79 Å². The number of nitrogens with one attached hydrogen (secondary N) is 1. The van der Waals surface area contributed by atoms with Crippen LogP contribution in [0.25, 0.3) is 10.8 Å². The van der Waals surface area contributed by atoms with Crippen LogP contribution in [0.3, 0.4) is 0 Å². The molecule has 0 saturated heterocycles. The standard InChI is InChI=1S/C28H27NO2/c1-20(2)31-26-19-18-25(23-16-10-11-17-24(23)26)29-27(30)28(3,21-12-6-4-7-13-21)22-14-8-5-9-15-22/h4-20H,1-3H3,(H,29,30). The van der Waals surface area contributed by atoms with Crippen LogP contribution in [0, 0.1) is 0 Å². The molecule has 156 valence electrons. The van der Waals surface area contributed by atoms with Crippen molar-refractivity contribution >= 4 is 22.4 Å². The van der Waals surface area contributed by atoms with Gasteiger partial charge in [-0.05, 0) is 44.0 Å². The maximum absolute atomic E-state index is 13.8. The Bertz CT molecular complexity index is 1140. The number of ether oxygens (including phenoxy) is 1. The molecule has 3 heteroatoms. The molecule has 0 heterocycles. The summed E-state index contributed by atoms with van der Waals surface area (Å²) in [6.45, 7) is 6.00. The Morgan fingerprint density at radius 3 is 1.81 bits per heavy atom. The molecule has 4 aromatic carbocycles. The highest BCUT2D eigenvalue weighted by atomic mass is 16.5. The van der Waals surface area contributed by atoms with E-state index in [1.165, 1.54) is 0 Å². The molecule has 0 radical (unpaired) electrons. The summed E-state index contributed by atoms with van der Waals surface area (Å²) in [7, 11) is 0. The van der Waals surface area contributed by atoms with E-state index in [2.05, 4.69) is 5.32 Å². The van der Waals surface area contributed by atoms with Gasteiger partial charge in [-0.25, -0.2) is 0 Å². The van der Waals surface area contributed by atoms with Crippen LogP contribution in [-0.4, -0.2) is 12.0 Å². The molecule has 31 heavy (non-hydrogen) atoms. The first-order valence-electron chi connectivity index (χ1n) is 10.6. The molecule has 0 unspecified atom stereocenters. The summed E-state index contributed by atoms with van der Waals surface area (Å²) in [6.07, 6.45) is 0.0725. The van der Waals surface area contributed by atoms with Crippen molar-refractivity contribution in [1.29, 1.82) is 0 Å². The minimum atomic E-state index is -0.837. The molecule has 1 amide bonds. The molecule has 4 rings (SSSR count). The van der Waals surface area contributed by atoms with Gasteiger partial charge < -0.3 is 10.1 Å². The van der Waals surface area contributed by atoms with Gasteiger partial charge in [0.1, 0.15) is 5.75 Å². The van der Waals surface area contributed by atoms with Crippen LogP contribution in [0.15, 0.2) is 97.1 Å². The van der Waals surface area contributed by atoms with Crippen molar-refractivity contribution in [1.82, 2.24) is 0 Å². The topological polar surface area (TPSA) is 38.3 Å². The van der Waals surface area contributed by atoms with Gasteiger partial charge in [0.25, 0.3) is 0 Å². The minimum absolute atomic E-state index is 0.0725. The second-order valence-electron chi connectivity index (χ2n) is 8.13. The van der Waals surface area contributed by atoms with Crippen LogP contribution in [0.2, 0.25) is 0 Å². The summed E-state index contributed by atoms with van der Waals surface area (Å²) in [5, 5.41) is 5.15. The lowest BCUT2D eigenvalue weighted by Crippen LogP contribution is -2.38. The second-order valence-corrected chi connectivity index (χ2v) is 8.13. The van der Waals surface area contributed by atoms with E-state index in [9.17, 15) is 4.79 Å². The lowest BCUT2D eigenvalue weighted by molar-refractivity contribution is -0.119. The molecule has 0 aromatic heterocycles. The predicted octanol–water partition coefficient (Wildman–Crippen LogP) is 6.57. The average Bonchev–Trinajstić information content (AvgIpc) is 2.81. The van der Waals surface area contributed by atoms with Gasteiger partial charge in [0.05, 0.1) is 11.5 Å². The van der Waals surface area contributed by atoms with Crippen LogP contribution < -0.4 is 10.1 Å². The smallest absolute Gasteiger partial charge is 0.239 e. The molecule has 1 N–H and O–H groups in total. The zero-order valence-corrected chi connectivity index (χ0v) is 18.1. The fourth-order valence-electron chi connectivity index (χ4n) is 3.96. The van der Waals surface area contributed by atoms with E-state index in [1.54, 1.807) is 0 Å². The van der Waals surface area contributed by atoms with Crippen LogP contribution in [0.4, 0.5) is 5.69 Å². The number of amides is 1. The SMILES string of the molecule is CC(C)Oc1ccc(NC(=O)C(C)(c2ccccc2)c2ccccc2)c2ccccc12. The summed E-state index contributed by atoms with van der Waals surface area (Å²) < 4.78 is 5.98. The molecule has 0 fully saturated rings. The Kier molecular flexibility index (Phi) is 5.77. The Labute approximate surface area is 183 Å². The van der Waals surface area contributed by atoms with E-state index >= 15 is 0 Å². The molecule has 0 aliphatic heterocycles. The largest absolute Gasteiger partial charge is 0.490 e. The molecular weight excluding hydrogens is 382 g/mol. The van der Waals surface area contributed by atoms with Gasteiger partial charge in [0.15, 0.2) is 0 Å². The van der Waals surface area contributed by atoms with Crippen LogP contribution in [-0.2, 0) is 10.2 Å². The van der Waals surface area contributed by atoms with Crippen LogP contribution in [0.1, 0.15) is 31.9 Å². The highest BCUT2D eigenvalue weighted by Gasteiger charge is 2.37. The molecule has 0 atom stereocenters. The molecule has 0 saturated carbocycles. The van der Waals surface area contributed by atoms with Gasteiger partial charge in [-0.15, -0.1) is 0 Å². The number of rotatable bonds is 6. The Balaban J connectivity index is 1.78. The monoisotopic (exact) mass is 409 g/mol. The number of carbonyl (C=O) groups is 1. The van der Waals surface area contributed by atoms with E-state index in [4.69, 9.17) is 4.74 Å². The van der Waals surface area contributed by atoms with E-state index in [0.717, 1.165) is 33.3 Å². The third kappa shape index (κ3) is 4.04. The number of hydrogen-bond acceptors (Lipinski definition) is 2. The maximum Gasteiger partial charge on any atom is 0.239 e. The first-order valence-corrected chi connectivity index (χ1v) is 10.6. The fourth-order valence-corrected chi connectivity index (χ4v) is 3.96. The zero-order valence-electron chi connectivity index (χ0n) is 18.1. The van der Waals surface area contributed by atoms with Crippen molar-refractivity contribution in [2.45, 2.75) is 32.3 Å². The van der Waals surface area contributed by atoms with Crippen molar-refractivity contribution in [3.05, 3.63) is 108 Å². The number of carbonyl (C=O) groups excluding carboxylic acids is 1. The minimum Gasteiger partial charge on any atom is -0.490 e. The lowest BCUT2D eigenvalue weighted by atomic mass is 9.75. The summed E-state index contributed by atoms with van der Waals surface area (Å²) in [5.41, 5.74) is 1.83. The van der Waals surface area contributed by atoms with Gasteiger partial charge in [-0.2, -0.15) is 0 Å². The zero-order chi connectivity index (χ0) is 21.8. The summed E-state index contributed by atoms with van der Waals surface area (Å²) in [6, 6.07) is 31.7. The number of fused-ring (bicyclic) bond motifs is 1. The lowest BCUT2D eigenvalue weighted by Gasteiger charge is -2.30. The molecule has 0 spiro atoms. The highest BCUT2D eigenvalue weighted by Crippen LogP contribution is 2.36. The summed E-state index contributed by atoms with van der Waals surface area (Å²) in [4.78, 5) is 13.8. The number of hydrogen-bond donors (Lipinski definition) is 1. The Morgan fingerprint density at radius 2 is 1.26 bits per heavy atom. The van der Waals surface area contributed by atoms with Gasteiger partial charge in [0, 0.05) is 16.5 Å². The van der Waals surface area contributed by atoms with E-state index in [-0.39, 0.29) is 12.0 Å². The molecule has 0 aliphatic carbocycles. The van der Waals surface area contributed by atoms with E-state index in [0.29, 0.717) is 0 Å². The van der Waals surface area contributed by atoms with E-state index < -0.39 is 5.41 Å². The summed E-state index contributed by atoms with van der Waals surface area (Å²) in [5.74, 6) is 0.741. The molecule has 4 aromatic rings. The maximum atomic E-state index is 13.8. The predicted molar refractivity (Wildman–Crippen MR) is 128 cm³/mol. The third-order valence-electron chi connectivity index (χ3n) is 5.65. The van der Waals surface area contributed by atoms with Gasteiger partial charge in [0.2, 0.25) is 5.91 Å². The van der Waals surface area contributed by atoms with Crippen molar-refractivity contribution in [3.63, 3.8) is 0 Å². The Hall–Kier alpha value is -3.59. The quantitative estimate of drug-likeness (QED) is 0.391. The van der Waals surface area contributed by atoms with Crippen LogP contribution in [0.5, 0.6) is 5.75 Å². The average molecular weight is 410 g/mol. The number of benzene rings is 4. The Morgan fingerprint density at radius 1 is 0.742 bits per heavy atom. The normalized spacial score (nSPS) is 11.5. The molecule has 3 nitrogen and oxygen atoms in total. The van der Waals surface area contributed by atoms with E-state index in [1.807, 2.05) is 118 Å².